The Morgan fingerprint density at radius 3 is 3.00 bits per heavy atom. The summed E-state index contributed by atoms with van der Waals surface area (Å²) in [5.41, 5.74) is 2.33. The van der Waals surface area contributed by atoms with E-state index >= 15 is 0 Å². The highest BCUT2D eigenvalue weighted by Crippen LogP contribution is 2.28. The fraction of sp³-hybridized carbons (Fsp3) is 0.400. The van der Waals surface area contributed by atoms with Crippen LogP contribution in [0, 0.1) is 12.8 Å². The Morgan fingerprint density at radius 1 is 1.39 bits per heavy atom. The van der Waals surface area contributed by atoms with Crippen LogP contribution >= 0.6 is 11.6 Å². The van der Waals surface area contributed by atoms with Crippen molar-refractivity contribution in [3.8, 4) is 0 Å². The number of anilines is 1. The van der Waals surface area contributed by atoms with Crippen LogP contribution in [-0.4, -0.2) is 24.0 Å². The first-order chi connectivity index (χ1) is 8.78. The topological polar surface area (TPSA) is 16.1 Å². The highest BCUT2D eigenvalue weighted by molar-refractivity contribution is 6.18. The summed E-state index contributed by atoms with van der Waals surface area (Å²) in [4.78, 5) is 7.18. The van der Waals surface area contributed by atoms with Gasteiger partial charge in [0.25, 0.3) is 0 Å². The van der Waals surface area contributed by atoms with Crippen LogP contribution in [0.5, 0.6) is 0 Å². The van der Waals surface area contributed by atoms with E-state index in [-0.39, 0.29) is 0 Å². The van der Waals surface area contributed by atoms with E-state index in [0.717, 1.165) is 30.3 Å². The zero-order valence-corrected chi connectivity index (χ0v) is 11.3. The van der Waals surface area contributed by atoms with Crippen molar-refractivity contribution in [3.63, 3.8) is 0 Å². The Kier molecular flexibility index (Phi) is 3.13. The van der Waals surface area contributed by atoms with Crippen molar-refractivity contribution < 1.29 is 0 Å². The summed E-state index contributed by atoms with van der Waals surface area (Å²) >= 11 is 5.95. The van der Waals surface area contributed by atoms with E-state index in [1.54, 1.807) is 0 Å². The number of aromatic nitrogens is 1. The molecule has 18 heavy (non-hydrogen) atoms. The number of aryl methyl sites for hydroxylation is 1. The average molecular weight is 261 g/mol. The highest BCUT2D eigenvalue weighted by Gasteiger charge is 2.23. The van der Waals surface area contributed by atoms with E-state index in [1.165, 1.54) is 17.4 Å². The van der Waals surface area contributed by atoms with E-state index in [4.69, 9.17) is 16.6 Å². The fourth-order valence-corrected chi connectivity index (χ4v) is 2.93. The van der Waals surface area contributed by atoms with E-state index in [1.807, 2.05) is 6.07 Å². The SMILES string of the molecule is Cc1cc2ccccc2nc1N1CCC(CCl)C1. The molecule has 0 spiro atoms. The molecule has 0 radical (unpaired) electrons. The van der Waals surface area contributed by atoms with Gasteiger partial charge in [0.05, 0.1) is 5.52 Å². The van der Waals surface area contributed by atoms with Crippen LogP contribution in [-0.2, 0) is 0 Å². The molecule has 1 aliphatic heterocycles. The molecule has 3 heteroatoms. The number of para-hydroxylation sites is 1. The molecule has 94 valence electrons. The van der Waals surface area contributed by atoms with Crippen LogP contribution in [0.2, 0.25) is 0 Å². The summed E-state index contributed by atoms with van der Waals surface area (Å²) in [7, 11) is 0. The second-order valence-corrected chi connectivity index (χ2v) is 5.39. The summed E-state index contributed by atoms with van der Waals surface area (Å²) in [6.07, 6.45) is 1.18. The lowest BCUT2D eigenvalue weighted by Gasteiger charge is -2.20. The standard InChI is InChI=1S/C15H17ClN2/c1-11-8-13-4-2-3-5-14(13)17-15(11)18-7-6-12(9-16)10-18/h2-5,8,12H,6-7,9-10H2,1H3. The van der Waals surface area contributed by atoms with Gasteiger partial charge in [0.2, 0.25) is 0 Å². The molecule has 0 amide bonds. The number of nitrogens with zero attached hydrogens (tertiary/aromatic N) is 2. The summed E-state index contributed by atoms with van der Waals surface area (Å²) < 4.78 is 0. The largest absolute Gasteiger partial charge is 0.356 e. The van der Waals surface area contributed by atoms with Crippen LogP contribution < -0.4 is 4.90 Å². The number of benzene rings is 1. The number of pyridine rings is 1. The average Bonchev–Trinajstić information content (AvgIpc) is 2.86. The zero-order valence-electron chi connectivity index (χ0n) is 10.6. The molecule has 1 saturated heterocycles. The molecule has 1 atom stereocenters. The Labute approximate surface area is 113 Å². The normalized spacial score (nSPS) is 19.7. The van der Waals surface area contributed by atoms with Crippen molar-refractivity contribution in [2.45, 2.75) is 13.3 Å². The molecular formula is C15H17ClN2. The zero-order chi connectivity index (χ0) is 12.5. The Bertz CT molecular complexity index is 567. The number of hydrogen-bond donors (Lipinski definition) is 0. The van der Waals surface area contributed by atoms with Crippen LogP contribution in [0.3, 0.4) is 0 Å². The van der Waals surface area contributed by atoms with E-state index in [2.05, 4.69) is 36.1 Å². The van der Waals surface area contributed by atoms with Gasteiger partial charge in [-0.25, -0.2) is 4.98 Å². The Hall–Kier alpha value is -1.28. The molecule has 3 rings (SSSR count). The van der Waals surface area contributed by atoms with Crippen LogP contribution in [0.25, 0.3) is 10.9 Å². The molecule has 2 nitrogen and oxygen atoms in total. The number of halogens is 1. The van der Waals surface area contributed by atoms with E-state index in [9.17, 15) is 0 Å². The van der Waals surface area contributed by atoms with E-state index in [0.29, 0.717) is 5.92 Å². The molecule has 1 aromatic heterocycles. The van der Waals surface area contributed by atoms with Crippen molar-refractivity contribution in [1.82, 2.24) is 4.98 Å². The Balaban J connectivity index is 1.99. The summed E-state index contributed by atoms with van der Waals surface area (Å²) in [6, 6.07) is 10.5. The van der Waals surface area contributed by atoms with Gasteiger partial charge in [-0.05, 0) is 37.0 Å². The predicted molar refractivity (Wildman–Crippen MR) is 77.5 cm³/mol. The molecule has 0 saturated carbocycles. The number of rotatable bonds is 2. The van der Waals surface area contributed by atoms with Crippen LogP contribution in [0.4, 0.5) is 5.82 Å². The molecule has 1 aromatic carbocycles. The maximum Gasteiger partial charge on any atom is 0.132 e. The van der Waals surface area contributed by atoms with Gasteiger partial charge in [-0.1, -0.05) is 18.2 Å². The summed E-state index contributed by atoms with van der Waals surface area (Å²) in [6.45, 7) is 4.25. The van der Waals surface area contributed by atoms with Gasteiger partial charge in [-0.3, -0.25) is 0 Å². The van der Waals surface area contributed by atoms with Crippen LogP contribution in [0.15, 0.2) is 30.3 Å². The van der Waals surface area contributed by atoms with Crippen molar-refractivity contribution in [1.29, 1.82) is 0 Å². The van der Waals surface area contributed by atoms with Gasteiger partial charge < -0.3 is 4.90 Å². The fourth-order valence-electron chi connectivity index (χ4n) is 2.68. The highest BCUT2D eigenvalue weighted by atomic mass is 35.5. The quantitative estimate of drug-likeness (QED) is 0.767. The van der Waals surface area contributed by atoms with Gasteiger partial charge in [0.1, 0.15) is 5.82 Å². The number of hydrogen-bond acceptors (Lipinski definition) is 2. The molecule has 1 aliphatic rings. The van der Waals surface area contributed by atoms with Gasteiger partial charge in [0.15, 0.2) is 0 Å². The first kappa shape index (κ1) is 11.8. The minimum absolute atomic E-state index is 0.610. The third-order valence-corrected chi connectivity index (χ3v) is 4.13. The summed E-state index contributed by atoms with van der Waals surface area (Å²) in [5, 5.41) is 1.21. The number of alkyl halides is 1. The van der Waals surface area contributed by atoms with Gasteiger partial charge in [-0.2, -0.15) is 0 Å². The van der Waals surface area contributed by atoms with Crippen molar-refractivity contribution in [2.75, 3.05) is 23.9 Å². The lowest BCUT2D eigenvalue weighted by atomic mass is 10.1. The summed E-state index contributed by atoms with van der Waals surface area (Å²) in [5.74, 6) is 2.49. The smallest absolute Gasteiger partial charge is 0.132 e. The lowest BCUT2D eigenvalue weighted by Crippen LogP contribution is -2.22. The molecule has 1 fully saturated rings. The maximum atomic E-state index is 5.95. The number of fused-ring (bicyclic) bond motifs is 1. The second-order valence-electron chi connectivity index (χ2n) is 5.08. The third-order valence-electron chi connectivity index (χ3n) is 3.69. The molecule has 0 aliphatic carbocycles. The molecule has 2 heterocycles. The minimum Gasteiger partial charge on any atom is -0.356 e. The Morgan fingerprint density at radius 2 is 2.22 bits per heavy atom. The molecule has 2 aromatic rings. The maximum absolute atomic E-state index is 5.95. The molecular weight excluding hydrogens is 244 g/mol. The molecule has 0 N–H and O–H groups in total. The van der Waals surface area contributed by atoms with Crippen molar-refractivity contribution in [2.24, 2.45) is 5.92 Å². The van der Waals surface area contributed by atoms with Crippen molar-refractivity contribution >= 4 is 28.3 Å². The third kappa shape index (κ3) is 2.05. The minimum atomic E-state index is 0.610. The van der Waals surface area contributed by atoms with Gasteiger partial charge in [-0.15, -0.1) is 11.6 Å². The first-order valence-corrected chi connectivity index (χ1v) is 6.98. The monoisotopic (exact) mass is 260 g/mol. The lowest BCUT2D eigenvalue weighted by molar-refractivity contribution is 0.666. The van der Waals surface area contributed by atoms with Gasteiger partial charge in [0, 0.05) is 24.4 Å². The molecule has 1 unspecified atom stereocenters. The predicted octanol–water partition coefficient (Wildman–Crippen LogP) is 3.61. The van der Waals surface area contributed by atoms with Crippen LogP contribution in [0.1, 0.15) is 12.0 Å². The molecule has 0 bridgehead atoms. The van der Waals surface area contributed by atoms with E-state index < -0.39 is 0 Å². The first-order valence-electron chi connectivity index (χ1n) is 6.45. The van der Waals surface area contributed by atoms with Crippen molar-refractivity contribution in [3.05, 3.63) is 35.9 Å². The second kappa shape index (κ2) is 4.77. The van der Waals surface area contributed by atoms with Gasteiger partial charge >= 0.3 is 0 Å².